The molecule has 6 heteroatoms. The van der Waals surface area contributed by atoms with Crippen molar-refractivity contribution in [1.29, 1.82) is 10.8 Å². The van der Waals surface area contributed by atoms with Crippen LogP contribution < -0.4 is 0 Å². The van der Waals surface area contributed by atoms with Crippen molar-refractivity contribution in [2.24, 2.45) is 0 Å². The molecule has 0 radical (unpaired) electrons. The third-order valence-electron chi connectivity index (χ3n) is 8.79. The van der Waals surface area contributed by atoms with E-state index in [-0.39, 0.29) is 11.4 Å². The zero-order chi connectivity index (χ0) is 31.5. The number of benzene rings is 6. The summed E-state index contributed by atoms with van der Waals surface area (Å²) in [5.41, 5.74) is 8.44. The van der Waals surface area contributed by atoms with Crippen molar-refractivity contribution in [2.75, 3.05) is 0 Å². The van der Waals surface area contributed by atoms with Crippen molar-refractivity contribution in [3.63, 3.8) is 0 Å². The van der Waals surface area contributed by atoms with Crippen LogP contribution in [-0.2, 0) is 0 Å². The monoisotopic (exact) mass is 603 g/mol. The van der Waals surface area contributed by atoms with Crippen LogP contribution in [0.2, 0.25) is 0 Å². The van der Waals surface area contributed by atoms with Crippen LogP contribution in [0.3, 0.4) is 0 Å². The number of hydrogen-bond donors (Lipinski definition) is 2. The van der Waals surface area contributed by atoms with Gasteiger partial charge in [0.15, 0.2) is 17.5 Å². The van der Waals surface area contributed by atoms with E-state index < -0.39 is 0 Å². The van der Waals surface area contributed by atoms with Gasteiger partial charge in [-0.25, -0.2) is 15.0 Å². The first kappa shape index (κ1) is 26.8. The molecule has 0 saturated carbocycles. The highest BCUT2D eigenvalue weighted by molar-refractivity contribution is 6.53. The molecule has 0 saturated heterocycles. The van der Waals surface area contributed by atoms with Crippen LogP contribution in [0.15, 0.2) is 138 Å². The normalized spacial score (nSPS) is 12.7. The molecule has 0 fully saturated rings. The maximum absolute atomic E-state index is 8.58. The second kappa shape index (κ2) is 10.5. The fourth-order valence-corrected chi connectivity index (χ4v) is 6.41. The smallest absolute Gasteiger partial charge is 0.167 e. The van der Waals surface area contributed by atoms with E-state index in [0.29, 0.717) is 17.5 Å². The Labute approximate surface area is 269 Å². The van der Waals surface area contributed by atoms with Crippen molar-refractivity contribution in [1.82, 2.24) is 15.0 Å². The van der Waals surface area contributed by atoms with Crippen LogP contribution in [0, 0.1) is 10.8 Å². The number of nitrogens with one attached hydrogen (secondary N) is 2. The lowest BCUT2D eigenvalue weighted by molar-refractivity contribution is 0.669. The lowest BCUT2D eigenvalue weighted by Gasteiger charge is -2.16. The second-order valence-corrected chi connectivity index (χ2v) is 11.6. The summed E-state index contributed by atoms with van der Waals surface area (Å²) in [6, 6.07) is 42.7. The molecule has 0 amide bonds. The second-order valence-electron chi connectivity index (χ2n) is 11.6. The molecular weight excluding hydrogens is 578 g/mol. The Bertz CT molecular complexity index is 2600. The minimum absolute atomic E-state index is 0.207. The lowest BCUT2D eigenvalue weighted by atomic mass is 9.89. The Morgan fingerprint density at radius 3 is 2.02 bits per heavy atom. The van der Waals surface area contributed by atoms with E-state index in [1.807, 2.05) is 97.1 Å². The van der Waals surface area contributed by atoms with E-state index in [9.17, 15) is 0 Å². The van der Waals surface area contributed by atoms with Gasteiger partial charge in [-0.1, -0.05) is 115 Å². The van der Waals surface area contributed by atoms with Crippen LogP contribution in [-0.4, -0.2) is 26.4 Å². The van der Waals surface area contributed by atoms with Gasteiger partial charge in [0.25, 0.3) is 0 Å². The number of aromatic nitrogens is 3. The highest BCUT2D eigenvalue weighted by Gasteiger charge is 2.20. The Kier molecular flexibility index (Phi) is 6.01. The maximum Gasteiger partial charge on any atom is 0.167 e. The van der Waals surface area contributed by atoms with Crippen molar-refractivity contribution in [2.45, 2.75) is 0 Å². The zero-order valence-corrected chi connectivity index (χ0v) is 25.0. The molecule has 9 rings (SSSR count). The summed E-state index contributed by atoms with van der Waals surface area (Å²) in [5.74, 6) is 1.61. The largest absolute Gasteiger partial charge is 0.455 e. The molecule has 0 unspecified atom stereocenters. The minimum atomic E-state index is 0.207. The summed E-state index contributed by atoms with van der Waals surface area (Å²) in [7, 11) is 0. The van der Waals surface area contributed by atoms with Crippen molar-refractivity contribution in [3.8, 4) is 45.3 Å². The molecule has 2 N–H and O–H groups in total. The van der Waals surface area contributed by atoms with E-state index in [1.165, 1.54) is 0 Å². The number of hydrogen-bond acceptors (Lipinski definition) is 6. The van der Waals surface area contributed by atoms with E-state index in [4.69, 9.17) is 30.2 Å². The first-order valence-electron chi connectivity index (χ1n) is 15.4. The highest BCUT2D eigenvalue weighted by atomic mass is 16.3. The standard InChI is InChI=1S/C41H25N5O/c42-34-22-20-26-15-18-28-23-29(19-21-30(28)36(26)37(34)43)40-44-39(27-16-13-25(14-17-27)24-7-2-1-3-8-24)45-41(46-40)33-11-6-10-32-31-9-4-5-12-35(31)47-38(32)33/h1-23,42-43H. The molecule has 6 aromatic carbocycles. The third kappa shape index (κ3) is 4.46. The molecule has 0 atom stereocenters. The first-order chi connectivity index (χ1) is 23.1. The number of furan rings is 1. The topological polar surface area (TPSA) is 99.5 Å². The van der Waals surface area contributed by atoms with Crippen LogP contribution >= 0.6 is 0 Å². The summed E-state index contributed by atoms with van der Waals surface area (Å²) >= 11 is 0. The van der Waals surface area contributed by atoms with Crippen LogP contribution in [0.5, 0.6) is 0 Å². The molecule has 0 spiro atoms. The number of allylic oxidation sites excluding steroid dienone is 1. The molecule has 6 nitrogen and oxygen atoms in total. The van der Waals surface area contributed by atoms with E-state index >= 15 is 0 Å². The molecule has 1 aliphatic rings. The molecule has 220 valence electrons. The molecule has 2 aromatic heterocycles. The number of para-hydroxylation sites is 2. The molecule has 47 heavy (non-hydrogen) atoms. The third-order valence-corrected chi connectivity index (χ3v) is 8.79. The van der Waals surface area contributed by atoms with Gasteiger partial charge >= 0.3 is 0 Å². The van der Waals surface area contributed by atoms with Crippen LogP contribution in [0.4, 0.5) is 0 Å². The van der Waals surface area contributed by atoms with Crippen LogP contribution in [0.25, 0.3) is 84.1 Å². The van der Waals surface area contributed by atoms with Crippen molar-refractivity contribution < 1.29 is 4.42 Å². The Hall–Kier alpha value is -6.53. The summed E-state index contributed by atoms with van der Waals surface area (Å²) in [6.45, 7) is 0. The van der Waals surface area contributed by atoms with Gasteiger partial charge in [0.1, 0.15) is 11.2 Å². The Balaban J connectivity index is 1.23. The maximum atomic E-state index is 8.58. The number of nitrogens with zero attached hydrogens (tertiary/aromatic N) is 3. The zero-order valence-electron chi connectivity index (χ0n) is 25.0. The molecule has 1 aliphatic carbocycles. The Morgan fingerprint density at radius 1 is 0.489 bits per heavy atom. The molecular formula is C41H25N5O. The lowest BCUT2D eigenvalue weighted by Crippen LogP contribution is -2.16. The van der Waals surface area contributed by atoms with E-state index in [1.54, 1.807) is 6.08 Å². The summed E-state index contributed by atoms with van der Waals surface area (Å²) < 4.78 is 6.38. The minimum Gasteiger partial charge on any atom is -0.455 e. The van der Waals surface area contributed by atoms with Gasteiger partial charge in [0.05, 0.1) is 17.0 Å². The molecule has 0 aliphatic heterocycles. The highest BCUT2D eigenvalue weighted by Crippen LogP contribution is 2.36. The first-order valence-corrected chi connectivity index (χ1v) is 15.4. The van der Waals surface area contributed by atoms with Gasteiger partial charge in [-0.05, 0) is 51.7 Å². The quantitative estimate of drug-likeness (QED) is 0.209. The molecule has 8 aromatic rings. The number of rotatable bonds is 4. The average molecular weight is 604 g/mol. The van der Waals surface area contributed by atoms with Crippen molar-refractivity contribution in [3.05, 3.63) is 145 Å². The van der Waals surface area contributed by atoms with Gasteiger partial charge < -0.3 is 4.42 Å². The molecule has 2 heterocycles. The fraction of sp³-hybridized carbons (Fsp3) is 0. The SMILES string of the molecule is N=C1C=Cc2ccc3cc(-c4nc(-c5ccc(-c6ccccc6)cc5)nc(-c5cccc6c5oc5ccccc56)n4)ccc3c2C1=N. The van der Waals surface area contributed by atoms with Gasteiger partial charge in [-0.3, -0.25) is 10.8 Å². The van der Waals surface area contributed by atoms with E-state index in [2.05, 4.69) is 36.4 Å². The van der Waals surface area contributed by atoms with Gasteiger partial charge in [0, 0.05) is 27.5 Å². The van der Waals surface area contributed by atoms with Crippen LogP contribution in [0.1, 0.15) is 11.1 Å². The number of fused-ring (bicyclic) bond motifs is 6. The Morgan fingerprint density at radius 2 is 1.17 bits per heavy atom. The average Bonchev–Trinajstić information content (AvgIpc) is 3.52. The van der Waals surface area contributed by atoms with E-state index in [0.717, 1.165) is 71.7 Å². The van der Waals surface area contributed by atoms with Gasteiger partial charge in [-0.2, -0.15) is 0 Å². The van der Waals surface area contributed by atoms with Crippen molar-refractivity contribution >= 4 is 50.2 Å². The fourth-order valence-electron chi connectivity index (χ4n) is 6.41. The molecule has 0 bridgehead atoms. The predicted molar refractivity (Wildman–Crippen MR) is 190 cm³/mol. The summed E-state index contributed by atoms with van der Waals surface area (Å²) in [5, 5.41) is 20.7. The van der Waals surface area contributed by atoms with Gasteiger partial charge in [0.2, 0.25) is 0 Å². The predicted octanol–water partition coefficient (Wildman–Crippen LogP) is 10.0. The van der Waals surface area contributed by atoms with Gasteiger partial charge in [-0.15, -0.1) is 0 Å². The summed E-state index contributed by atoms with van der Waals surface area (Å²) in [4.78, 5) is 15.1. The summed E-state index contributed by atoms with van der Waals surface area (Å²) in [6.07, 6.45) is 3.57.